The summed E-state index contributed by atoms with van der Waals surface area (Å²) in [5.41, 5.74) is 0.696. The van der Waals surface area contributed by atoms with Gasteiger partial charge in [0.2, 0.25) is 0 Å². The van der Waals surface area contributed by atoms with E-state index in [-0.39, 0.29) is 17.0 Å². The molecule has 0 bridgehead atoms. The van der Waals surface area contributed by atoms with Crippen LogP contribution < -0.4 is 4.74 Å². The van der Waals surface area contributed by atoms with E-state index in [1.807, 2.05) is 0 Å². The van der Waals surface area contributed by atoms with Crippen LogP contribution in [0.4, 0.5) is 4.39 Å². The van der Waals surface area contributed by atoms with Crippen molar-refractivity contribution in [2.75, 3.05) is 6.61 Å². The van der Waals surface area contributed by atoms with Gasteiger partial charge < -0.3 is 4.74 Å². The number of carbonyl (C=O) groups excluding carboxylic acids is 1. The van der Waals surface area contributed by atoms with Gasteiger partial charge in [-0.2, -0.15) is 0 Å². The highest BCUT2D eigenvalue weighted by atomic mass is 19.1. The number of ketones is 1. The predicted molar refractivity (Wildman–Crippen MR) is 70.6 cm³/mol. The molecule has 0 heterocycles. The Morgan fingerprint density at radius 1 is 1.33 bits per heavy atom. The van der Waals surface area contributed by atoms with Crippen molar-refractivity contribution in [3.63, 3.8) is 0 Å². The zero-order chi connectivity index (χ0) is 13.8. The number of rotatable bonds is 5. The minimum absolute atomic E-state index is 0.110. The summed E-state index contributed by atoms with van der Waals surface area (Å²) in [6.45, 7) is 8.44. The van der Waals surface area contributed by atoms with Crippen LogP contribution >= 0.6 is 0 Å². The maximum absolute atomic E-state index is 13.1. The molecule has 0 spiro atoms. The Morgan fingerprint density at radius 2 is 2.00 bits per heavy atom. The summed E-state index contributed by atoms with van der Waals surface area (Å²) in [5, 5.41) is 0. The number of Topliss-reactive ketones (excluding diaryl/α,β-unsaturated/α-hetero) is 1. The molecule has 0 aromatic heterocycles. The fraction of sp³-hybridized carbons (Fsp3) is 0.533. The molecule has 0 aliphatic carbocycles. The number of hydrogen-bond acceptors (Lipinski definition) is 2. The fourth-order valence-electron chi connectivity index (χ4n) is 1.69. The Balaban J connectivity index is 2.61. The molecule has 0 unspecified atom stereocenters. The second-order valence-electron chi connectivity index (χ2n) is 5.71. The summed E-state index contributed by atoms with van der Waals surface area (Å²) in [4.78, 5) is 11.4. The summed E-state index contributed by atoms with van der Waals surface area (Å²) in [5.74, 6) is -0.150. The van der Waals surface area contributed by atoms with Gasteiger partial charge in [-0.3, -0.25) is 4.79 Å². The third kappa shape index (κ3) is 4.86. The molecule has 0 atom stereocenters. The summed E-state index contributed by atoms with van der Waals surface area (Å²) < 4.78 is 18.6. The Kier molecular flexibility index (Phi) is 4.88. The first-order valence-corrected chi connectivity index (χ1v) is 6.23. The van der Waals surface area contributed by atoms with E-state index in [4.69, 9.17) is 4.74 Å². The lowest BCUT2D eigenvalue weighted by Crippen LogP contribution is -2.09. The second kappa shape index (κ2) is 5.98. The highest BCUT2D eigenvalue weighted by Gasteiger charge is 2.12. The van der Waals surface area contributed by atoms with Crippen molar-refractivity contribution in [2.45, 2.75) is 40.5 Å². The molecule has 0 saturated heterocycles. The third-order valence-corrected chi connectivity index (χ3v) is 2.65. The molecular formula is C15H21FO2. The summed E-state index contributed by atoms with van der Waals surface area (Å²) in [7, 11) is 0. The van der Waals surface area contributed by atoms with E-state index in [1.165, 1.54) is 25.1 Å². The van der Waals surface area contributed by atoms with E-state index in [9.17, 15) is 9.18 Å². The molecule has 3 heteroatoms. The van der Waals surface area contributed by atoms with Crippen molar-refractivity contribution in [3.8, 4) is 5.75 Å². The first-order chi connectivity index (χ1) is 8.29. The maximum Gasteiger partial charge on any atom is 0.163 e. The minimum Gasteiger partial charge on any atom is -0.493 e. The van der Waals surface area contributed by atoms with E-state index >= 15 is 0 Å². The van der Waals surface area contributed by atoms with Crippen LogP contribution in [0.3, 0.4) is 0 Å². The average Bonchev–Trinajstić information content (AvgIpc) is 2.22. The van der Waals surface area contributed by atoms with Gasteiger partial charge in [0.1, 0.15) is 11.6 Å². The minimum atomic E-state index is -0.383. The Hall–Kier alpha value is -1.38. The molecular weight excluding hydrogens is 231 g/mol. The van der Waals surface area contributed by atoms with Gasteiger partial charge >= 0.3 is 0 Å². The number of benzene rings is 1. The molecule has 2 nitrogen and oxygen atoms in total. The lowest BCUT2D eigenvalue weighted by molar-refractivity contribution is 0.101. The molecule has 0 radical (unpaired) electrons. The summed E-state index contributed by atoms with van der Waals surface area (Å²) in [6, 6.07) is 4.02. The highest BCUT2D eigenvalue weighted by Crippen LogP contribution is 2.23. The van der Waals surface area contributed by atoms with Crippen LogP contribution in [-0.4, -0.2) is 12.4 Å². The topological polar surface area (TPSA) is 26.3 Å². The summed E-state index contributed by atoms with van der Waals surface area (Å²) >= 11 is 0. The third-order valence-electron chi connectivity index (χ3n) is 2.65. The van der Waals surface area contributed by atoms with Crippen LogP contribution in [0, 0.1) is 11.2 Å². The van der Waals surface area contributed by atoms with Gasteiger partial charge in [0.05, 0.1) is 12.2 Å². The molecule has 0 saturated carbocycles. The molecule has 0 amide bonds. The number of hydrogen-bond donors (Lipinski definition) is 0. The van der Waals surface area contributed by atoms with E-state index < -0.39 is 0 Å². The van der Waals surface area contributed by atoms with Crippen LogP contribution in [0.2, 0.25) is 0 Å². The zero-order valence-corrected chi connectivity index (χ0v) is 11.5. The van der Waals surface area contributed by atoms with E-state index in [0.717, 1.165) is 12.8 Å². The lowest BCUT2D eigenvalue weighted by Gasteiger charge is -2.18. The monoisotopic (exact) mass is 252 g/mol. The molecule has 18 heavy (non-hydrogen) atoms. The van der Waals surface area contributed by atoms with Crippen LogP contribution in [0.1, 0.15) is 50.9 Å². The largest absolute Gasteiger partial charge is 0.493 e. The normalized spacial score (nSPS) is 11.4. The van der Waals surface area contributed by atoms with Gasteiger partial charge in [0, 0.05) is 6.07 Å². The molecule has 0 N–H and O–H groups in total. The Bertz CT molecular complexity index is 419. The fourth-order valence-corrected chi connectivity index (χ4v) is 1.69. The quantitative estimate of drug-likeness (QED) is 0.579. The second-order valence-corrected chi connectivity index (χ2v) is 5.71. The smallest absolute Gasteiger partial charge is 0.163 e. The highest BCUT2D eigenvalue weighted by molar-refractivity contribution is 5.96. The molecule has 0 fully saturated rings. The predicted octanol–water partition coefficient (Wildman–Crippen LogP) is 4.23. The van der Waals surface area contributed by atoms with Crippen molar-refractivity contribution >= 4 is 5.78 Å². The number of halogens is 1. The SMILES string of the molecule is CC(=O)c1ccc(F)cc1OCCCC(C)(C)C. The van der Waals surface area contributed by atoms with Crippen molar-refractivity contribution < 1.29 is 13.9 Å². The summed E-state index contributed by atoms with van der Waals surface area (Å²) in [6.07, 6.45) is 1.91. The molecule has 100 valence electrons. The van der Waals surface area contributed by atoms with Crippen molar-refractivity contribution in [3.05, 3.63) is 29.6 Å². The first-order valence-electron chi connectivity index (χ1n) is 6.23. The Labute approximate surface area is 108 Å². The van der Waals surface area contributed by atoms with Gasteiger partial charge in [-0.1, -0.05) is 20.8 Å². The van der Waals surface area contributed by atoms with Gasteiger partial charge in [0.25, 0.3) is 0 Å². The van der Waals surface area contributed by atoms with Gasteiger partial charge in [0.15, 0.2) is 5.78 Å². The van der Waals surface area contributed by atoms with Gasteiger partial charge in [-0.05, 0) is 37.3 Å². The number of ether oxygens (including phenoxy) is 1. The van der Waals surface area contributed by atoms with Crippen molar-refractivity contribution in [1.82, 2.24) is 0 Å². The molecule has 1 rings (SSSR count). The average molecular weight is 252 g/mol. The van der Waals surface area contributed by atoms with E-state index in [1.54, 1.807) is 0 Å². The van der Waals surface area contributed by atoms with Crippen LogP contribution in [-0.2, 0) is 0 Å². The van der Waals surface area contributed by atoms with Crippen molar-refractivity contribution in [1.29, 1.82) is 0 Å². The van der Waals surface area contributed by atoms with Crippen LogP contribution in [0.25, 0.3) is 0 Å². The lowest BCUT2D eigenvalue weighted by atomic mass is 9.91. The zero-order valence-electron chi connectivity index (χ0n) is 11.5. The van der Waals surface area contributed by atoms with Crippen molar-refractivity contribution in [2.24, 2.45) is 5.41 Å². The Morgan fingerprint density at radius 3 is 2.56 bits per heavy atom. The number of carbonyl (C=O) groups is 1. The first kappa shape index (κ1) is 14.7. The molecule has 0 aliphatic rings. The van der Waals surface area contributed by atoms with E-state index in [2.05, 4.69) is 20.8 Å². The molecule has 1 aromatic carbocycles. The van der Waals surface area contributed by atoms with Crippen LogP contribution in [0.15, 0.2) is 18.2 Å². The van der Waals surface area contributed by atoms with Crippen LogP contribution in [0.5, 0.6) is 5.75 Å². The molecule has 0 aliphatic heterocycles. The van der Waals surface area contributed by atoms with E-state index in [0.29, 0.717) is 17.9 Å². The maximum atomic E-state index is 13.1. The molecule has 1 aromatic rings. The standard InChI is InChI=1S/C15H21FO2/c1-11(17)13-7-6-12(16)10-14(13)18-9-5-8-15(2,3)4/h6-7,10H,5,8-9H2,1-4H3. The van der Waals surface area contributed by atoms with Gasteiger partial charge in [-0.25, -0.2) is 4.39 Å². The van der Waals surface area contributed by atoms with Gasteiger partial charge in [-0.15, -0.1) is 0 Å².